The smallest absolute Gasteiger partial charge is 0.358 e. The quantitative estimate of drug-likeness (QED) is 0.355. The summed E-state index contributed by atoms with van der Waals surface area (Å²) in [6.07, 6.45) is 0. The number of rotatable bonds is 7. The highest BCUT2D eigenvalue weighted by atomic mass is 16.5. The number of ether oxygens (including phenoxy) is 3. The van der Waals surface area contributed by atoms with Crippen LogP contribution in [0.3, 0.4) is 0 Å². The Balaban J connectivity index is 1.45. The van der Waals surface area contributed by atoms with Crippen molar-refractivity contribution >= 4 is 23.3 Å². The first-order valence-electron chi connectivity index (χ1n) is 12.3. The van der Waals surface area contributed by atoms with Crippen molar-refractivity contribution in [1.82, 2.24) is 9.78 Å². The maximum Gasteiger partial charge on any atom is 0.358 e. The average Bonchev–Trinajstić information content (AvgIpc) is 3.39. The minimum absolute atomic E-state index is 0.186. The molecule has 0 radical (unpaired) electrons. The van der Waals surface area contributed by atoms with Gasteiger partial charge in [-0.2, -0.15) is 5.10 Å². The number of aromatic nitrogens is 2. The van der Waals surface area contributed by atoms with Gasteiger partial charge in [0.05, 0.1) is 37.3 Å². The van der Waals surface area contributed by atoms with Crippen molar-refractivity contribution in [2.24, 2.45) is 0 Å². The Hall–Kier alpha value is -4.79. The van der Waals surface area contributed by atoms with Gasteiger partial charge in [-0.05, 0) is 67.6 Å². The van der Waals surface area contributed by atoms with Crippen LogP contribution in [0.2, 0.25) is 0 Å². The fraction of sp³-hybridized carbons (Fsp3) is 0.207. The third-order valence-electron chi connectivity index (χ3n) is 6.24. The summed E-state index contributed by atoms with van der Waals surface area (Å²) in [5.41, 5.74) is 4.41. The van der Waals surface area contributed by atoms with Gasteiger partial charge < -0.3 is 24.4 Å². The topological polar surface area (TPSA) is 94.9 Å². The van der Waals surface area contributed by atoms with Crippen LogP contribution in [0, 0.1) is 0 Å². The van der Waals surface area contributed by atoms with Crippen LogP contribution in [0.4, 0.5) is 11.4 Å². The van der Waals surface area contributed by atoms with Crippen LogP contribution < -0.4 is 19.7 Å². The molecular formula is C29H28N4O5. The third-order valence-corrected chi connectivity index (χ3v) is 6.24. The van der Waals surface area contributed by atoms with Gasteiger partial charge in [0.15, 0.2) is 5.69 Å². The van der Waals surface area contributed by atoms with E-state index in [2.05, 4.69) is 15.3 Å². The van der Waals surface area contributed by atoms with Crippen LogP contribution in [-0.4, -0.2) is 55.6 Å². The van der Waals surface area contributed by atoms with E-state index in [-0.39, 0.29) is 18.2 Å². The fourth-order valence-corrected chi connectivity index (χ4v) is 4.27. The summed E-state index contributed by atoms with van der Waals surface area (Å²) in [5, 5.41) is 7.48. The number of benzene rings is 3. The van der Waals surface area contributed by atoms with E-state index < -0.39 is 5.97 Å². The molecule has 0 unspecified atom stereocenters. The van der Waals surface area contributed by atoms with Gasteiger partial charge in [0.2, 0.25) is 0 Å². The van der Waals surface area contributed by atoms with Crippen molar-refractivity contribution in [3.05, 3.63) is 84.1 Å². The SMILES string of the molecule is CCOC(=O)c1cc(-c2cccc(NC(=O)c3ccc4c(c3)OCCN4C)c2)n(-c2ccc(OC)cc2)n1. The normalized spacial score (nSPS) is 12.3. The third kappa shape index (κ3) is 5.04. The number of esters is 1. The number of hydrogen-bond acceptors (Lipinski definition) is 7. The molecule has 1 aliphatic rings. The van der Waals surface area contributed by atoms with Gasteiger partial charge in [-0.1, -0.05) is 12.1 Å². The molecule has 0 atom stereocenters. The summed E-state index contributed by atoms with van der Waals surface area (Å²) < 4.78 is 17.9. The lowest BCUT2D eigenvalue weighted by molar-refractivity contribution is 0.0519. The molecule has 9 heteroatoms. The van der Waals surface area contributed by atoms with Gasteiger partial charge in [-0.25, -0.2) is 9.48 Å². The Labute approximate surface area is 220 Å². The van der Waals surface area contributed by atoms with Crippen LogP contribution in [0.1, 0.15) is 27.8 Å². The van der Waals surface area contributed by atoms with E-state index in [0.717, 1.165) is 23.5 Å². The Morgan fingerprint density at radius 1 is 1.05 bits per heavy atom. The van der Waals surface area contributed by atoms with E-state index in [1.54, 1.807) is 36.9 Å². The van der Waals surface area contributed by atoms with Crippen molar-refractivity contribution in [1.29, 1.82) is 0 Å². The lowest BCUT2D eigenvalue weighted by Crippen LogP contribution is -2.29. The molecule has 0 fully saturated rings. The van der Waals surface area contributed by atoms with Crippen LogP contribution in [0.25, 0.3) is 16.9 Å². The highest BCUT2D eigenvalue weighted by Crippen LogP contribution is 2.32. The Bertz CT molecular complexity index is 1480. The molecule has 3 aromatic carbocycles. The predicted molar refractivity (Wildman–Crippen MR) is 145 cm³/mol. The number of methoxy groups -OCH3 is 1. The summed E-state index contributed by atoms with van der Waals surface area (Å²) in [7, 11) is 3.60. The number of hydrogen-bond donors (Lipinski definition) is 1. The largest absolute Gasteiger partial charge is 0.497 e. The van der Waals surface area contributed by atoms with Crippen molar-refractivity contribution in [2.45, 2.75) is 6.92 Å². The van der Waals surface area contributed by atoms with E-state index in [1.807, 2.05) is 61.6 Å². The Kier molecular flexibility index (Phi) is 6.99. The van der Waals surface area contributed by atoms with E-state index in [9.17, 15) is 9.59 Å². The zero-order valence-corrected chi connectivity index (χ0v) is 21.4. The molecule has 2 heterocycles. The fourth-order valence-electron chi connectivity index (χ4n) is 4.27. The monoisotopic (exact) mass is 512 g/mol. The molecule has 1 aliphatic heterocycles. The van der Waals surface area contributed by atoms with Crippen LogP contribution >= 0.6 is 0 Å². The van der Waals surface area contributed by atoms with E-state index in [0.29, 0.717) is 35.1 Å². The van der Waals surface area contributed by atoms with Crippen LogP contribution in [0.5, 0.6) is 11.5 Å². The second kappa shape index (κ2) is 10.7. The van der Waals surface area contributed by atoms with Crippen LogP contribution in [-0.2, 0) is 4.74 Å². The molecule has 38 heavy (non-hydrogen) atoms. The van der Waals surface area contributed by atoms with Gasteiger partial charge in [0, 0.05) is 23.9 Å². The Morgan fingerprint density at radius 3 is 2.63 bits per heavy atom. The molecule has 9 nitrogen and oxygen atoms in total. The summed E-state index contributed by atoms with van der Waals surface area (Å²) in [5.74, 6) is 0.635. The van der Waals surface area contributed by atoms with Crippen molar-refractivity contribution in [3.63, 3.8) is 0 Å². The second-order valence-electron chi connectivity index (χ2n) is 8.73. The first-order chi connectivity index (χ1) is 18.5. The maximum absolute atomic E-state index is 13.1. The highest BCUT2D eigenvalue weighted by molar-refractivity contribution is 6.05. The maximum atomic E-state index is 13.1. The molecule has 0 spiro atoms. The van der Waals surface area contributed by atoms with E-state index >= 15 is 0 Å². The van der Waals surface area contributed by atoms with Crippen LogP contribution in [0.15, 0.2) is 72.8 Å². The molecule has 1 aromatic heterocycles. The summed E-state index contributed by atoms with van der Waals surface area (Å²) >= 11 is 0. The first-order valence-corrected chi connectivity index (χ1v) is 12.3. The summed E-state index contributed by atoms with van der Waals surface area (Å²) in [6, 6.07) is 21.8. The molecule has 0 saturated heterocycles. The molecule has 1 amide bonds. The highest BCUT2D eigenvalue weighted by Gasteiger charge is 2.20. The molecule has 194 valence electrons. The predicted octanol–water partition coefficient (Wildman–Crippen LogP) is 4.81. The molecular weight excluding hydrogens is 484 g/mol. The number of amides is 1. The molecule has 1 N–H and O–H groups in total. The minimum Gasteiger partial charge on any atom is -0.497 e. The van der Waals surface area contributed by atoms with Gasteiger partial charge in [-0.15, -0.1) is 0 Å². The van der Waals surface area contributed by atoms with Crippen molar-refractivity contribution in [3.8, 4) is 28.4 Å². The summed E-state index contributed by atoms with van der Waals surface area (Å²) in [6.45, 7) is 3.37. The lowest BCUT2D eigenvalue weighted by atomic mass is 10.1. The lowest BCUT2D eigenvalue weighted by Gasteiger charge is -2.27. The van der Waals surface area contributed by atoms with Gasteiger partial charge in [0.25, 0.3) is 5.91 Å². The number of nitrogens with zero attached hydrogens (tertiary/aromatic N) is 3. The number of fused-ring (bicyclic) bond motifs is 1. The Morgan fingerprint density at radius 2 is 1.87 bits per heavy atom. The number of carbonyl (C=O) groups is 2. The first kappa shape index (κ1) is 24.9. The molecule has 4 aromatic rings. The second-order valence-corrected chi connectivity index (χ2v) is 8.73. The number of carbonyl (C=O) groups excluding carboxylic acids is 2. The zero-order chi connectivity index (χ0) is 26.6. The summed E-state index contributed by atoms with van der Waals surface area (Å²) in [4.78, 5) is 27.6. The zero-order valence-electron chi connectivity index (χ0n) is 21.4. The molecule has 0 aliphatic carbocycles. The molecule has 0 saturated carbocycles. The molecule has 0 bridgehead atoms. The van der Waals surface area contributed by atoms with E-state index in [1.165, 1.54) is 0 Å². The van der Waals surface area contributed by atoms with E-state index in [4.69, 9.17) is 14.2 Å². The standard InChI is InChI=1S/C29H28N4O5/c1-4-37-29(35)24-18-26(33(31-24)22-9-11-23(36-3)12-10-22)19-6-5-7-21(16-19)30-28(34)20-8-13-25-27(17-20)38-15-14-32(25)2/h5-13,16-18H,4,14-15H2,1-3H3,(H,30,34). The number of likely N-dealkylation sites (N-methyl/N-ethyl adjacent to an activating group) is 1. The van der Waals surface area contributed by atoms with Crippen molar-refractivity contribution < 1.29 is 23.8 Å². The molecule has 5 rings (SSSR count). The minimum atomic E-state index is -0.509. The number of anilines is 2. The van der Waals surface area contributed by atoms with Gasteiger partial charge in [0.1, 0.15) is 18.1 Å². The van der Waals surface area contributed by atoms with Gasteiger partial charge >= 0.3 is 5.97 Å². The van der Waals surface area contributed by atoms with Crippen molar-refractivity contribution in [2.75, 3.05) is 44.1 Å². The average molecular weight is 513 g/mol. The van der Waals surface area contributed by atoms with Gasteiger partial charge in [-0.3, -0.25) is 4.79 Å². The number of nitrogens with one attached hydrogen (secondary N) is 1.